The average Bonchev–Trinajstić information content (AvgIpc) is 3.31. The van der Waals surface area contributed by atoms with E-state index in [9.17, 15) is 9.59 Å². The first-order chi connectivity index (χ1) is 12.1. The number of hydrogen-bond donors (Lipinski definition) is 1. The highest BCUT2D eigenvalue weighted by atomic mass is 16.3. The van der Waals surface area contributed by atoms with Crippen molar-refractivity contribution in [3.05, 3.63) is 60.1 Å². The molecule has 1 aliphatic heterocycles. The molecule has 0 unspecified atom stereocenters. The van der Waals surface area contributed by atoms with Crippen molar-refractivity contribution < 1.29 is 14.0 Å². The van der Waals surface area contributed by atoms with Crippen molar-refractivity contribution >= 4 is 11.8 Å². The number of aryl methyl sites for hydroxylation is 1. The van der Waals surface area contributed by atoms with E-state index in [4.69, 9.17) is 4.42 Å². The van der Waals surface area contributed by atoms with Gasteiger partial charge < -0.3 is 14.6 Å². The SMILES string of the molecule is C[C@H](NC(=O)c1ccco1)C(=O)N1CCC[C@H]1CCc1ccccc1. The molecule has 0 spiro atoms. The Morgan fingerprint density at radius 1 is 1.24 bits per heavy atom. The van der Waals surface area contributed by atoms with Crippen LogP contribution in [0.5, 0.6) is 0 Å². The summed E-state index contributed by atoms with van der Waals surface area (Å²) in [5, 5.41) is 2.73. The lowest BCUT2D eigenvalue weighted by atomic mass is 10.0. The molecular weight excluding hydrogens is 316 g/mol. The summed E-state index contributed by atoms with van der Waals surface area (Å²) < 4.78 is 5.07. The molecule has 1 fully saturated rings. The maximum Gasteiger partial charge on any atom is 0.287 e. The Bertz CT molecular complexity index is 697. The van der Waals surface area contributed by atoms with Crippen LogP contribution in [0.1, 0.15) is 42.3 Å². The van der Waals surface area contributed by atoms with Crippen molar-refractivity contribution in [1.29, 1.82) is 0 Å². The minimum atomic E-state index is -0.560. The highest BCUT2D eigenvalue weighted by Gasteiger charge is 2.31. The number of carbonyl (C=O) groups excluding carboxylic acids is 2. The van der Waals surface area contributed by atoms with Crippen LogP contribution in [0.2, 0.25) is 0 Å². The molecule has 1 N–H and O–H groups in total. The van der Waals surface area contributed by atoms with Gasteiger partial charge in [0.2, 0.25) is 5.91 Å². The summed E-state index contributed by atoms with van der Waals surface area (Å²) in [5.74, 6) is -0.150. The van der Waals surface area contributed by atoms with Gasteiger partial charge in [-0.1, -0.05) is 30.3 Å². The van der Waals surface area contributed by atoms with E-state index >= 15 is 0 Å². The predicted molar refractivity (Wildman–Crippen MR) is 95.1 cm³/mol. The number of carbonyl (C=O) groups is 2. The number of nitrogens with zero attached hydrogens (tertiary/aromatic N) is 1. The number of hydrogen-bond acceptors (Lipinski definition) is 3. The van der Waals surface area contributed by atoms with Gasteiger partial charge in [0, 0.05) is 12.6 Å². The average molecular weight is 340 g/mol. The first kappa shape index (κ1) is 17.3. The zero-order valence-electron chi connectivity index (χ0n) is 14.5. The molecule has 1 aromatic carbocycles. The molecule has 2 atom stereocenters. The summed E-state index contributed by atoms with van der Waals surface area (Å²) >= 11 is 0. The van der Waals surface area contributed by atoms with Gasteiger partial charge in [0.25, 0.3) is 5.91 Å². The molecule has 2 amide bonds. The van der Waals surface area contributed by atoms with E-state index in [-0.39, 0.29) is 23.6 Å². The molecule has 132 valence electrons. The van der Waals surface area contributed by atoms with Crippen LogP contribution in [0.15, 0.2) is 53.1 Å². The van der Waals surface area contributed by atoms with Crippen molar-refractivity contribution in [1.82, 2.24) is 10.2 Å². The maximum atomic E-state index is 12.8. The van der Waals surface area contributed by atoms with Crippen molar-refractivity contribution in [2.45, 2.75) is 44.7 Å². The molecule has 5 heteroatoms. The molecule has 2 heterocycles. The Kier molecular flexibility index (Phi) is 5.53. The zero-order chi connectivity index (χ0) is 17.6. The molecule has 0 bridgehead atoms. The van der Waals surface area contributed by atoms with Crippen molar-refractivity contribution in [3.8, 4) is 0 Å². The fourth-order valence-electron chi connectivity index (χ4n) is 3.39. The van der Waals surface area contributed by atoms with Gasteiger partial charge in [0.15, 0.2) is 5.76 Å². The van der Waals surface area contributed by atoms with Gasteiger partial charge in [-0.05, 0) is 50.3 Å². The molecular formula is C20H24N2O3. The van der Waals surface area contributed by atoms with Crippen LogP contribution >= 0.6 is 0 Å². The largest absolute Gasteiger partial charge is 0.459 e. The standard InChI is InChI=1S/C20H24N2O3/c1-15(21-19(23)18-10-6-14-25-18)20(24)22-13-5-9-17(22)12-11-16-7-3-2-4-8-16/h2-4,6-8,10,14-15,17H,5,9,11-13H2,1H3,(H,21,23)/t15-,17-/m0/s1. The fourth-order valence-corrected chi connectivity index (χ4v) is 3.39. The summed E-state index contributed by atoms with van der Waals surface area (Å²) in [6, 6.07) is 13.3. The highest BCUT2D eigenvalue weighted by molar-refractivity contribution is 5.95. The first-order valence-corrected chi connectivity index (χ1v) is 8.84. The Labute approximate surface area is 148 Å². The van der Waals surface area contributed by atoms with Gasteiger partial charge >= 0.3 is 0 Å². The first-order valence-electron chi connectivity index (χ1n) is 8.84. The van der Waals surface area contributed by atoms with Crippen LogP contribution in [-0.2, 0) is 11.2 Å². The lowest BCUT2D eigenvalue weighted by Gasteiger charge is -2.28. The number of rotatable bonds is 6. The molecule has 3 rings (SSSR count). The van der Waals surface area contributed by atoms with E-state index in [0.29, 0.717) is 0 Å². The van der Waals surface area contributed by atoms with Crippen LogP contribution in [0, 0.1) is 0 Å². The number of nitrogens with one attached hydrogen (secondary N) is 1. The van der Waals surface area contributed by atoms with E-state index in [1.807, 2.05) is 23.1 Å². The number of likely N-dealkylation sites (tertiary alicyclic amines) is 1. The minimum Gasteiger partial charge on any atom is -0.459 e. The van der Waals surface area contributed by atoms with E-state index in [1.54, 1.807) is 19.1 Å². The van der Waals surface area contributed by atoms with Crippen LogP contribution in [0.25, 0.3) is 0 Å². The molecule has 0 radical (unpaired) electrons. The van der Waals surface area contributed by atoms with Gasteiger partial charge in [0.1, 0.15) is 6.04 Å². The molecule has 0 saturated carbocycles. The number of benzene rings is 1. The quantitative estimate of drug-likeness (QED) is 0.879. The molecule has 1 saturated heterocycles. The van der Waals surface area contributed by atoms with Crippen LogP contribution in [0.4, 0.5) is 0 Å². The summed E-state index contributed by atoms with van der Waals surface area (Å²) in [5.41, 5.74) is 1.29. The van der Waals surface area contributed by atoms with Gasteiger partial charge in [-0.25, -0.2) is 0 Å². The highest BCUT2D eigenvalue weighted by Crippen LogP contribution is 2.22. The number of furan rings is 1. The minimum absolute atomic E-state index is 0.0181. The molecule has 25 heavy (non-hydrogen) atoms. The third-order valence-corrected chi connectivity index (χ3v) is 4.73. The van der Waals surface area contributed by atoms with E-state index in [1.165, 1.54) is 11.8 Å². The van der Waals surface area contributed by atoms with Crippen LogP contribution in [0.3, 0.4) is 0 Å². The summed E-state index contributed by atoms with van der Waals surface area (Å²) in [4.78, 5) is 26.7. The van der Waals surface area contributed by atoms with Crippen LogP contribution in [-0.4, -0.2) is 35.3 Å². The Morgan fingerprint density at radius 2 is 2.04 bits per heavy atom. The second kappa shape index (κ2) is 8.01. The van der Waals surface area contributed by atoms with Gasteiger partial charge in [-0.3, -0.25) is 9.59 Å². The fraction of sp³-hybridized carbons (Fsp3) is 0.400. The third kappa shape index (κ3) is 4.29. The van der Waals surface area contributed by atoms with Gasteiger partial charge in [0.05, 0.1) is 6.26 Å². The second-order valence-corrected chi connectivity index (χ2v) is 6.52. The zero-order valence-corrected chi connectivity index (χ0v) is 14.5. The lowest BCUT2D eigenvalue weighted by Crippen LogP contribution is -2.48. The summed E-state index contributed by atoms with van der Waals surface area (Å²) in [6.07, 6.45) is 5.40. The summed E-state index contributed by atoms with van der Waals surface area (Å²) in [6.45, 7) is 2.50. The topological polar surface area (TPSA) is 62.6 Å². The lowest BCUT2D eigenvalue weighted by molar-refractivity contribution is -0.133. The number of amides is 2. The normalized spacial score (nSPS) is 18.1. The van der Waals surface area contributed by atoms with Crippen LogP contribution < -0.4 is 5.32 Å². The van der Waals surface area contributed by atoms with E-state index in [2.05, 4.69) is 17.4 Å². The monoisotopic (exact) mass is 340 g/mol. The van der Waals surface area contributed by atoms with Gasteiger partial charge in [-0.15, -0.1) is 0 Å². The van der Waals surface area contributed by atoms with Gasteiger partial charge in [-0.2, -0.15) is 0 Å². The molecule has 2 aromatic rings. The van der Waals surface area contributed by atoms with Crippen molar-refractivity contribution in [3.63, 3.8) is 0 Å². The third-order valence-electron chi connectivity index (χ3n) is 4.73. The molecule has 1 aliphatic rings. The Morgan fingerprint density at radius 3 is 2.76 bits per heavy atom. The molecule has 0 aliphatic carbocycles. The summed E-state index contributed by atoms with van der Waals surface area (Å²) in [7, 11) is 0. The van der Waals surface area contributed by atoms with Crippen molar-refractivity contribution in [2.24, 2.45) is 0 Å². The molecule has 5 nitrogen and oxygen atoms in total. The molecule has 1 aromatic heterocycles. The van der Waals surface area contributed by atoms with E-state index < -0.39 is 6.04 Å². The second-order valence-electron chi connectivity index (χ2n) is 6.52. The van der Waals surface area contributed by atoms with Crippen molar-refractivity contribution in [2.75, 3.05) is 6.54 Å². The van der Waals surface area contributed by atoms with E-state index in [0.717, 1.165) is 32.2 Å². The predicted octanol–water partition coefficient (Wildman–Crippen LogP) is 3.02. The Hall–Kier alpha value is -2.56. The Balaban J connectivity index is 1.55. The smallest absolute Gasteiger partial charge is 0.287 e. The maximum absolute atomic E-state index is 12.8.